The van der Waals surface area contributed by atoms with Crippen molar-refractivity contribution in [1.82, 2.24) is 24.4 Å². The smallest absolute Gasteiger partial charge is 0.225 e. The molecule has 0 saturated heterocycles. The highest BCUT2D eigenvalue weighted by Crippen LogP contribution is 2.31. The first-order chi connectivity index (χ1) is 15.6. The second-order valence-electron chi connectivity index (χ2n) is 8.88. The molecule has 3 aromatic rings. The molecule has 1 aliphatic carbocycles. The van der Waals surface area contributed by atoms with Gasteiger partial charge in [-0.25, -0.2) is 9.50 Å². The molecule has 3 heterocycles. The number of nitrogens with zero attached hydrogens (tertiary/aromatic N) is 6. The summed E-state index contributed by atoms with van der Waals surface area (Å²) in [7, 11) is 4.15. The fourth-order valence-corrected chi connectivity index (χ4v) is 4.09. The zero-order chi connectivity index (χ0) is 22.1. The molecule has 8 heteroatoms. The first kappa shape index (κ1) is 20.8. The Morgan fingerprint density at radius 2 is 2.06 bits per heavy atom. The van der Waals surface area contributed by atoms with Gasteiger partial charge in [-0.3, -0.25) is 4.79 Å². The van der Waals surface area contributed by atoms with Crippen LogP contribution in [-0.2, 0) is 4.79 Å². The molecule has 0 unspecified atom stereocenters. The third-order valence-electron chi connectivity index (χ3n) is 6.15. The van der Waals surface area contributed by atoms with Gasteiger partial charge in [-0.15, -0.1) is 0 Å². The van der Waals surface area contributed by atoms with Gasteiger partial charge in [0, 0.05) is 43.9 Å². The average molecular weight is 435 g/mol. The van der Waals surface area contributed by atoms with Crippen LogP contribution in [0.4, 0.5) is 5.82 Å². The lowest BCUT2D eigenvalue weighted by Crippen LogP contribution is -2.43. The van der Waals surface area contributed by atoms with Crippen molar-refractivity contribution in [3.63, 3.8) is 0 Å². The van der Waals surface area contributed by atoms with Crippen molar-refractivity contribution < 1.29 is 9.53 Å². The molecule has 5 rings (SSSR count). The fraction of sp³-hybridized carbons (Fsp3) is 0.458. The van der Waals surface area contributed by atoms with Crippen LogP contribution in [0.1, 0.15) is 12.8 Å². The van der Waals surface area contributed by atoms with Gasteiger partial charge >= 0.3 is 0 Å². The Bertz CT molecular complexity index is 1110. The second kappa shape index (κ2) is 8.78. The molecule has 1 saturated carbocycles. The third-order valence-corrected chi connectivity index (χ3v) is 6.15. The molecule has 0 radical (unpaired) electrons. The maximum absolute atomic E-state index is 12.9. The van der Waals surface area contributed by atoms with Crippen LogP contribution < -0.4 is 9.64 Å². The molecule has 1 amide bonds. The lowest BCUT2D eigenvalue weighted by atomic mass is 10.1. The van der Waals surface area contributed by atoms with E-state index < -0.39 is 0 Å². The van der Waals surface area contributed by atoms with Crippen LogP contribution in [0.3, 0.4) is 0 Å². The second-order valence-corrected chi connectivity index (χ2v) is 8.88. The van der Waals surface area contributed by atoms with Gasteiger partial charge in [0.1, 0.15) is 18.2 Å². The van der Waals surface area contributed by atoms with Crippen molar-refractivity contribution in [3.8, 4) is 16.9 Å². The van der Waals surface area contributed by atoms with Crippen molar-refractivity contribution in [2.75, 3.05) is 58.3 Å². The number of carbonyl (C=O) groups is 1. The van der Waals surface area contributed by atoms with Crippen molar-refractivity contribution in [2.24, 2.45) is 5.92 Å². The average Bonchev–Trinajstić information content (AvgIpc) is 3.56. The summed E-state index contributed by atoms with van der Waals surface area (Å²) in [6.07, 6.45) is 5.83. The number of fused-ring (bicyclic) bond motifs is 4. The Kier molecular flexibility index (Phi) is 5.70. The van der Waals surface area contributed by atoms with Gasteiger partial charge in [0.25, 0.3) is 0 Å². The molecule has 2 aromatic heterocycles. The van der Waals surface area contributed by atoms with E-state index in [1.807, 2.05) is 46.1 Å². The summed E-state index contributed by atoms with van der Waals surface area (Å²) in [5.74, 6) is 2.14. The van der Waals surface area contributed by atoms with Crippen molar-refractivity contribution in [2.45, 2.75) is 12.8 Å². The molecular formula is C24H30N6O2. The third kappa shape index (κ3) is 4.41. The van der Waals surface area contributed by atoms with E-state index in [4.69, 9.17) is 9.72 Å². The molecular weight excluding hydrogens is 404 g/mol. The van der Waals surface area contributed by atoms with Crippen LogP contribution >= 0.6 is 0 Å². The van der Waals surface area contributed by atoms with E-state index in [1.54, 1.807) is 0 Å². The molecule has 4 bridgehead atoms. The molecule has 1 fully saturated rings. The fourth-order valence-electron chi connectivity index (χ4n) is 4.09. The van der Waals surface area contributed by atoms with E-state index in [1.165, 1.54) is 0 Å². The number of anilines is 1. The van der Waals surface area contributed by atoms with Gasteiger partial charge < -0.3 is 19.4 Å². The number of benzene rings is 1. The zero-order valence-electron chi connectivity index (χ0n) is 18.8. The SMILES string of the molecule is CN(C)CCN1CCN(C(=O)C2CC2)CCOc2cccc(c2)-c2cnn3ccc1nc23. The molecule has 2 aliphatic rings. The van der Waals surface area contributed by atoms with Crippen LogP contribution in [0, 0.1) is 5.92 Å². The highest BCUT2D eigenvalue weighted by atomic mass is 16.5. The Labute approximate surface area is 188 Å². The summed E-state index contributed by atoms with van der Waals surface area (Å²) in [5, 5.41) is 4.50. The van der Waals surface area contributed by atoms with Gasteiger partial charge in [-0.05, 0) is 50.7 Å². The number of carbonyl (C=O) groups excluding carboxylic acids is 1. The van der Waals surface area contributed by atoms with Crippen molar-refractivity contribution >= 4 is 17.4 Å². The largest absolute Gasteiger partial charge is 0.492 e. The van der Waals surface area contributed by atoms with E-state index in [-0.39, 0.29) is 11.8 Å². The van der Waals surface area contributed by atoms with Crippen molar-refractivity contribution in [3.05, 3.63) is 42.7 Å². The summed E-state index contributed by atoms with van der Waals surface area (Å²) in [5.41, 5.74) is 2.81. The number of ether oxygens (including phenoxy) is 1. The lowest BCUT2D eigenvalue weighted by Gasteiger charge is -2.30. The maximum Gasteiger partial charge on any atom is 0.225 e. The summed E-state index contributed by atoms with van der Waals surface area (Å²) >= 11 is 0. The lowest BCUT2D eigenvalue weighted by molar-refractivity contribution is -0.132. The van der Waals surface area contributed by atoms with Crippen LogP contribution in [0.25, 0.3) is 16.8 Å². The van der Waals surface area contributed by atoms with Gasteiger partial charge in [0.15, 0.2) is 5.65 Å². The summed E-state index contributed by atoms with van der Waals surface area (Å²) in [4.78, 5) is 24.3. The Morgan fingerprint density at radius 1 is 1.19 bits per heavy atom. The van der Waals surface area contributed by atoms with Crippen molar-refractivity contribution in [1.29, 1.82) is 0 Å². The minimum absolute atomic E-state index is 0.191. The first-order valence-corrected chi connectivity index (χ1v) is 11.3. The number of amides is 1. The molecule has 32 heavy (non-hydrogen) atoms. The Morgan fingerprint density at radius 3 is 2.88 bits per heavy atom. The predicted octanol–water partition coefficient (Wildman–Crippen LogP) is 2.40. The molecule has 0 atom stereocenters. The molecule has 0 spiro atoms. The number of rotatable bonds is 4. The zero-order valence-corrected chi connectivity index (χ0v) is 18.8. The standard InChI is InChI=1S/C24H30N6O2/c1-27(2)10-11-28-12-13-29(24(31)18-6-7-18)14-15-32-20-5-3-4-19(16-20)21-17-25-30-9-8-22(28)26-23(21)30/h3-5,8-9,16-18H,6-7,10-15H2,1-2H3. The van der Waals surface area contributed by atoms with E-state index in [9.17, 15) is 4.79 Å². The molecule has 8 nitrogen and oxygen atoms in total. The molecule has 1 aromatic carbocycles. The van der Waals surface area contributed by atoms with E-state index in [2.05, 4.69) is 35.1 Å². The minimum atomic E-state index is 0.191. The van der Waals surface area contributed by atoms with E-state index in [0.717, 1.165) is 60.8 Å². The summed E-state index contributed by atoms with van der Waals surface area (Å²) in [6, 6.07) is 10.0. The normalized spacial score (nSPS) is 17.0. The van der Waals surface area contributed by atoms with E-state index >= 15 is 0 Å². The van der Waals surface area contributed by atoms with Gasteiger partial charge in [0.2, 0.25) is 5.91 Å². The topological polar surface area (TPSA) is 66.2 Å². The van der Waals surface area contributed by atoms with Gasteiger partial charge in [-0.2, -0.15) is 5.10 Å². The number of hydrogen-bond acceptors (Lipinski definition) is 6. The first-order valence-electron chi connectivity index (χ1n) is 11.3. The van der Waals surface area contributed by atoms with Crippen LogP contribution in [0.15, 0.2) is 42.7 Å². The Balaban J connectivity index is 1.54. The number of likely N-dealkylation sites (N-methyl/N-ethyl adjacent to an activating group) is 1. The quantitative estimate of drug-likeness (QED) is 0.628. The van der Waals surface area contributed by atoms with Crippen LogP contribution in [0.5, 0.6) is 5.75 Å². The molecule has 1 aliphatic heterocycles. The maximum atomic E-state index is 12.9. The molecule has 0 N–H and O–H groups in total. The van der Waals surface area contributed by atoms with Crippen LogP contribution in [0.2, 0.25) is 0 Å². The Hall–Kier alpha value is -3.13. The number of hydrogen-bond donors (Lipinski definition) is 0. The molecule has 168 valence electrons. The highest BCUT2D eigenvalue weighted by molar-refractivity contribution is 5.81. The van der Waals surface area contributed by atoms with Crippen LogP contribution in [-0.4, -0.2) is 83.7 Å². The summed E-state index contributed by atoms with van der Waals surface area (Å²) in [6.45, 7) is 4.19. The van der Waals surface area contributed by atoms with E-state index in [0.29, 0.717) is 19.7 Å². The van der Waals surface area contributed by atoms with Gasteiger partial charge in [0.05, 0.1) is 12.7 Å². The monoisotopic (exact) mass is 434 g/mol. The predicted molar refractivity (Wildman–Crippen MR) is 124 cm³/mol. The minimum Gasteiger partial charge on any atom is -0.492 e. The van der Waals surface area contributed by atoms with Gasteiger partial charge in [-0.1, -0.05) is 12.1 Å². The number of aromatic nitrogens is 3. The summed E-state index contributed by atoms with van der Waals surface area (Å²) < 4.78 is 7.85. The highest BCUT2D eigenvalue weighted by Gasteiger charge is 2.33.